The standard InChI is InChI=1S/C20H17ClN4O3S/c1-24-16-8-5-13(9-17(16)25(2)20(24)27)22-19(26)15-11-29-18(23-15)10-28-14-6-3-12(21)4-7-14/h3-9,11H,10H2,1-2H3,(H,22,26). The number of thiazole rings is 1. The summed E-state index contributed by atoms with van der Waals surface area (Å²) < 4.78 is 8.76. The number of aromatic nitrogens is 3. The van der Waals surface area contributed by atoms with E-state index in [1.165, 1.54) is 11.3 Å². The highest BCUT2D eigenvalue weighted by atomic mass is 35.5. The average molecular weight is 429 g/mol. The number of imidazole rings is 1. The number of nitrogens with zero attached hydrogens (tertiary/aromatic N) is 3. The molecule has 4 rings (SSSR count). The minimum atomic E-state index is -0.320. The second-order valence-corrected chi connectivity index (χ2v) is 7.81. The minimum Gasteiger partial charge on any atom is -0.486 e. The highest BCUT2D eigenvalue weighted by molar-refractivity contribution is 7.09. The van der Waals surface area contributed by atoms with Crippen LogP contribution < -0.4 is 15.7 Å². The molecule has 0 aliphatic carbocycles. The molecule has 0 atom stereocenters. The lowest BCUT2D eigenvalue weighted by Gasteiger charge is -2.05. The van der Waals surface area contributed by atoms with Gasteiger partial charge in [0.2, 0.25) is 0 Å². The maximum absolute atomic E-state index is 12.5. The topological polar surface area (TPSA) is 78.2 Å². The van der Waals surface area contributed by atoms with Crippen molar-refractivity contribution in [1.29, 1.82) is 0 Å². The molecule has 1 amide bonds. The Balaban J connectivity index is 1.45. The molecule has 9 heteroatoms. The van der Waals surface area contributed by atoms with Crippen LogP contribution in [0.1, 0.15) is 15.5 Å². The van der Waals surface area contributed by atoms with Gasteiger partial charge in [-0.25, -0.2) is 9.78 Å². The highest BCUT2D eigenvalue weighted by Gasteiger charge is 2.13. The van der Waals surface area contributed by atoms with Crippen molar-refractivity contribution in [3.8, 4) is 5.75 Å². The number of ether oxygens (including phenoxy) is 1. The van der Waals surface area contributed by atoms with Crippen molar-refractivity contribution < 1.29 is 9.53 Å². The van der Waals surface area contributed by atoms with Gasteiger partial charge in [-0.3, -0.25) is 13.9 Å². The molecule has 1 N–H and O–H groups in total. The van der Waals surface area contributed by atoms with Crippen LogP contribution in [0.15, 0.2) is 52.6 Å². The van der Waals surface area contributed by atoms with Crippen molar-refractivity contribution in [2.45, 2.75) is 6.61 Å². The van der Waals surface area contributed by atoms with Crippen LogP contribution in [-0.2, 0) is 20.7 Å². The Morgan fingerprint density at radius 3 is 2.62 bits per heavy atom. The van der Waals surface area contributed by atoms with Crippen molar-refractivity contribution >= 4 is 45.6 Å². The van der Waals surface area contributed by atoms with Gasteiger partial charge in [-0.1, -0.05) is 11.6 Å². The first kappa shape index (κ1) is 19.2. The molecule has 7 nitrogen and oxygen atoms in total. The third-order valence-electron chi connectivity index (χ3n) is 4.49. The summed E-state index contributed by atoms with van der Waals surface area (Å²) in [6, 6.07) is 12.4. The van der Waals surface area contributed by atoms with Crippen molar-refractivity contribution in [2.24, 2.45) is 14.1 Å². The van der Waals surface area contributed by atoms with Gasteiger partial charge >= 0.3 is 5.69 Å². The average Bonchev–Trinajstić information content (AvgIpc) is 3.28. The summed E-state index contributed by atoms with van der Waals surface area (Å²) in [6.07, 6.45) is 0. The van der Waals surface area contributed by atoms with Crippen LogP contribution in [0.4, 0.5) is 5.69 Å². The van der Waals surface area contributed by atoms with Gasteiger partial charge < -0.3 is 10.1 Å². The molecule has 0 radical (unpaired) electrons. The summed E-state index contributed by atoms with van der Waals surface area (Å²) in [5.41, 5.74) is 2.33. The van der Waals surface area contributed by atoms with Gasteiger partial charge in [0.05, 0.1) is 11.0 Å². The first-order chi connectivity index (χ1) is 13.9. The fourth-order valence-corrected chi connectivity index (χ4v) is 3.75. The van der Waals surface area contributed by atoms with Gasteiger partial charge in [0.1, 0.15) is 23.1 Å². The van der Waals surface area contributed by atoms with E-state index in [0.717, 1.165) is 11.0 Å². The fourth-order valence-electron chi connectivity index (χ4n) is 2.94. The maximum atomic E-state index is 12.5. The molecule has 4 aromatic rings. The number of carbonyl (C=O) groups excluding carboxylic acids is 1. The molecule has 0 fully saturated rings. The Hall–Kier alpha value is -3.10. The van der Waals surface area contributed by atoms with E-state index in [-0.39, 0.29) is 18.2 Å². The second-order valence-electron chi connectivity index (χ2n) is 6.43. The number of aryl methyl sites for hydroxylation is 2. The first-order valence-corrected chi connectivity index (χ1v) is 9.98. The molecule has 0 unspecified atom stereocenters. The number of hydrogen-bond acceptors (Lipinski definition) is 5. The number of fused-ring (bicyclic) bond motifs is 1. The molecular weight excluding hydrogens is 412 g/mol. The predicted molar refractivity (Wildman–Crippen MR) is 114 cm³/mol. The molecule has 2 heterocycles. The van der Waals surface area contributed by atoms with Gasteiger partial charge in [0.15, 0.2) is 0 Å². The van der Waals surface area contributed by atoms with E-state index in [0.29, 0.717) is 27.2 Å². The van der Waals surface area contributed by atoms with Crippen molar-refractivity contribution in [3.05, 3.63) is 74.1 Å². The van der Waals surface area contributed by atoms with Crippen LogP contribution in [0.2, 0.25) is 5.02 Å². The minimum absolute atomic E-state index is 0.117. The Morgan fingerprint density at radius 1 is 1.14 bits per heavy atom. The number of amides is 1. The number of anilines is 1. The summed E-state index contributed by atoms with van der Waals surface area (Å²) in [6.45, 7) is 0.262. The van der Waals surface area contributed by atoms with E-state index in [1.807, 2.05) is 0 Å². The fraction of sp³-hybridized carbons (Fsp3) is 0.150. The number of rotatable bonds is 5. The Morgan fingerprint density at radius 2 is 1.86 bits per heavy atom. The smallest absolute Gasteiger partial charge is 0.328 e. The van der Waals surface area contributed by atoms with E-state index >= 15 is 0 Å². The number of nitrogens with one attached hydrogen (secondary N) is 1. The van der Waals surface area contributed by atoms with Gasteiger partial charge in [0, 0.05) is 30.2 Å². The van der Waals surface area contributed by atoms with Crippen LogP contribution in [0.5, 0.6) is 5.75 Å². The van der Waals surface area contributed by atoms with Crippen molar-refractivity contribution in [2.75, 3.05) is 5.32 Å². The molecule has 0 saturated heterocycles. The molecule has 0 saturated carbocycles. The third kappa shape index (κ3) is 3.90. The predicted octanol–water partition coefficient (Wildman–Crippen LogP) is 3.82. The SMILES string of the molecule is Cn1c(=O)n(C)c2cc(NC(=O)c3csc(COc4ccc(Cl)cc4)n3)ccc21. The van der Waals surface area contributed by atoms with E-state index in [1.54, 1.807) is 71.1 Å². The quantitative estimate of drug-likeness (QED) is 0.524. The summed E-state index contributed by atoms with van der Waals surface area (Å²) in [4.78, 5) is 28.9. The summed E-state index contributed by atoms with van der Waals surface area (Å²) in [5, 5.41) is 5.84. The molecule has 29 heavy (non-hydrogen) atoms. The van der Waals surface area contributed by atoms with E-state index < -0.39 is 0 Å². The van der Waals surface area contributed by atoms with E-state index in [2.05, 4.69) is 10.3 Å². The molecule has 2 aromatic heterocycles. The van der Waals surface area contributed by atoms with Crippen LogP contribution in [0.3, 0.4) is 0 Å². The van der Waals surface area contributed by atoms with Crippen molar-refractivity contribution in [1.82, 2.24) is 14.1 Å². The highest BCUT2D eigenvalue weighted by Crippen LogP contribution is 2.20. The van der Waals surface area contributed by atoms with Crippen LogP contribution >= 0.6 is 22.9 Å². The van der Waals surface area contributed by atoms with Crippen molar-refractivity contribution in [3.63, 3.8) is 0 Å². The Kier molecular flexibility index (Phi) is 5.12. The lowest BCUT2D eigenvalue weighted by atomic mass is 10.2. The zero-order valence-electron chi connectivity index (χ0n) is 15.7. The number of benzene rings is 2. The first-order valence-electron chi connectivity index (χ1n) is 8.72. The van der Waals surface area contributed by atoms with E-state index in [4.69, 9.17) is 16.3 Å². The number of halogens is 1. The van der Waals surface area contributed by atoms with Gasteiger partial charge in [-0.2, -0.15) is 0 Å². The molecule has 0 bridgehead atoms. The lowest BCUT2D eigenvalue weighted by Crippen LogP contribution is -2.19. The Labute approximate surface area is 175 Å². The molecular formula is C20H17ClN4O3S. The molecule has 148 valence electrons. The van der Waals surface area contributed by atoms with Crippen LogP contribution in [-0.4, -0.2) is 20.0 Å². The number of carbonyl (C=O) groups is 1. The van der Waals surface area contributed by atoms with E-state index in [9.17, 15) is 9.59 Å². The summed E-state index contributed by atoms with van der Waals surface area (Å²) in [5.74, 6) is 0.358. The molecule has 0 spiro atoms. The third-order valence-corrected chi connectivity index (χ3v) is 5.56. The van der Waals surface area contributed by atoms with Gasteiger partial charge in [0.25, 0.3) is 5.91 Å². The second kappa shape index (κ2) is 7.73. The monoisotopic (exact) mass is 428 g/mol. The van der Waals surface area contributed by atoms with Gasteiger partial charge in [-0.15, -0.1) is 11.3 Å². The Bertz CT molecular complexity index is 1260. The lowest BCUT2D eigenvalue weighted by molar-refractivity contribution is 0.102. The molecule has 0 aliphatic heterocycles. The van der Waals surface area contributed by atoms with Crippen LogP contribution in [0.25, 0.3) is 11.0 Å². The van der Waals surface area contributed by atoms with Crippen LogP contribution in [0, 0.1) is 0 Å². The zero-order chi connectivity index (χ0) is 20.5. The normalized spacial score (nSPS) is 11.0. The van der Waals surface area contributed by atoms with Gasteiger partial charge in [-0.05, 0) is 42.5 Å². The zero-order valence-corrected chi connectivity index (χ0v) is 17.3. The number of hydrogen-bond donors (Lipinski definition) is 1. The molecule has 0 aliphatic rings. The molecule has 2 aromatic carbocycles. The largest absolute Gasteiger partial charge is 0.486 e. The summed E-state index contributed by atoms with van der Waals surface area (Å²) in [7, 11) is 3.41. The maximum Gasteiger partial charge on any atom is 0.328 e. The summed E-state index contributed by atoms with van der Waals surface area (Å²) >= 11 is 7.20.